The van der Waals surface area contributed by atoms with Crippen LogP contribution in [0.15, 0.2) is 60.7 Å². The molecular weight excluding hydrogens is 575 g/mol. The molecule has 0 spiro atoms. The average Bonchev–Trinajstić information content (AvgIpc) is 3.22. The molecule has 37 heavy (non-hydrogen) atoms. The molecule has 1 heterocycles. The molecule has 0 atom stereocenters. The van der Waals surface area contributed by atoms with Gasteiger partial charge >= 0.3 is 5.97 Å². The summed E-state index contributed by atoms with van der Waals surface area (Å²) in [6, 6.07) is 17.0. The largest absolute Gasteiger partial charge is 0.468 e. The maximum atomic E-state index is 13.2. The number of fused-ring (bicyclic) bond motifs is 1. The van der Waals surface area contributed by atoms with Crippen LogP contribution in [0.3, 0.4) is 0 Å². The quantitative estimate of drug-likeness (QED) is 0.204. The lowest BCUT2D eigenvalue weighted by Crippen LogP contribution is -2.18. The molecule has 4 aromatic rings. The number of hydrogen-bond acceptors (Lipinski definition) is 6. The number of anilines is 2. The van der Waals surface area contributed by atoms with Crippen LogP contribution in [0, 0.1) is 0 Å². The maximum absolute atomic E-state index is 13.2. The predicted molar refractivity (Wildman–Crippen MR) is 154 cm³/mol. The molecule has 11 heteroatoms. The Morgan fingerprint density at radius 3 is 2.35 bits per heavy atom. The van der Waals surface area contributed by atoms with Crippen molar-refractivity contribution in [2.75, 3.05) is 23.5 Å². The Labute approximate surface area is 236 Å². The van der Waals surface area contributed by atoms with Crippen molar-refractivity contribution in [1.29, 1.82) is 0 Å². The van der Waals surface area contributed by atoms with E-state index >= 15 is 0 Å². The summed E-state index contributed by atoms with van der Waals surface area (Å²) in [6.45, 7) is 0. The molecule has 6 nitrogen and oxygen atoms in total. The third-order valence-electron chi connectivity index (χ3n) is 5.19. The molecule has 0 bridgehead atoms. The first-order chi connectivity index (χ1) is 17.7. The Balaban J connectivity index is 1.54. The molecule has 4 rings (SSSR count). The second kappa shape index (κ2) is 12.2. The number of amides is 2. The van der Waals surface area contributed by atoms with E-state index in [2.05, 4.69) is 15.4 Å². The van der Waals surface area contributed by atoms with E-state index in [1.807, 2.05) is 18.2 Å². The highest BCUT2D eigenvalue weighted by Crippen LogP contribution is 2.37. The van der Waals surface area contributed by atoms with Crippen molar-refractivity contribution >= 4 is 97.1 Å². The summed E-state index contributed by atoms with van der Waals surface area (Å²) in [7, 11) is 1.36. The van der Waals surface area contributed by atoms with E-state index in [9.17, 15) is 14.4 Å². The molecule has 0 radical (unpaired) electrons. The van der Waals surface area contributed by atoms with E-state index in [0.29, 0.717) is 31.4 Å². The summed E-state index contributed by atoms with van der Waals surface area (Å²) >= 11 is 21.3. The van der Waals surface area contributed by atoms with Crippen LogP contribution >= 0.6 is 57.9 Å². The van der Waals surface area contributed by atoms with E-state index < -0.39 is 11.8 Å². The van der Waals surface area contributed by atoms with Crippen LogP contribution in [-0.4, -0.2) is 30.6 Å². The Bertz CT molecular complexity index is 1490. The van der Waals surface area contributed by atoms with Crippen molar-refractivity contribution in [3.8, 4) is 0 Å². The highest BCUT2D eigenvalue weighted by molar-refractivity contribution is 7.99. The number of benzene rings is 3. The molecule has 0 saturated heterocycles. The summed E-state index contributed by atoms with van der Waals surface area (Å²) in [5.41, 5.74) is 2.01. The highest BCUT2D eigenvalue weighted by atomic mass is 35.5. The van der Waals surface area contributed by atoms with Gasteiger partial charge in [-0.15, -0.1) is 23.1 Å². The van der Waals surface area contributed by atoms with Crippen LogP contribution in [0.5, 0.6) is 0 Å². The van der Waals surface area contributed by atoms with Gasteiger partial charge in [0.25, 0.3) is 11.8 Å². The molecular formula is C26H19Cl3N2O4S2. The number of rotatable bonds is 8. The van der Waals surface area contributed by atoms with Crippen LogP contribution in [0.2, 0.25) is 15.1 Å². The van der Waals surface area contributed by atoms with Gasteiger partial charge in [0, 0.05) is 31.6 Å². The lowest BCUT2D eigenvalue weighted by atomic mass is 10.1. The van der Waals surface area contributed by atoms with Gasteiger partial charge in [0.15, 0.2) is 0 Å². The van der Waals surface area contributed by atoms with Crippen LogP contribution in [-0.2, 0) is 15.3 Å². The van der Waals surface area contributed by atoms with E-state index in [1.54, 1.807) is 36.4 Å². The van der Waals surface area contributed by atoms with Gasteiger partial charge in [-0.1, -0.05) is 46.9 Å². The zero-order chi connectivity index (χ0) is 26.5. The Kier molecular flexibility index (Phi) is 9.00. The number of carbonyl (C=O) groups excluding carboxylic acids is 3. The van der Waals surface area contributed by atoms with Crippen LogP contribution in [0.1, 0.15) is 25.6 Å². The molecule has 1 aromatic heterocycles. The first-order valence-corrected chi connectivity index (χ1v) is 13.9. The van der Waals surface area contributed by atoms with Gasteiger partial charge < -0.3 is 15.4 Å². The number of esters is 1. The average molecular weight is 594 g/mol. The molecule has 0 aliphatic rings. The minimum absolute atomic E-state index is 0.193. The van der Waals surface area contributed by atoms with Crippen molar-refractivity contribution in [3.05, 3.63) is 91.7 Å². The third-order valence-corrected chi connectivity index (χ3v) is 8.31. The van der Waals surface area contributed by atoms with E-state index in [0.717, 1.165) is 15.6 Å². The van der Waals surface area contributed by atoms with Crippen molar-refractivity contribution < 1.29 is 19.1 Å². The van der Waals surface area contributed by atoms with Gasteiger partial charge in [0.2, 0.25) is 0 Å². The second-order valence-corrected chi connectivity index (χ2v) is 11.0. The number of methoxy groups -OCH3 is 1. The van der Waals surface area contributed by atoms with Gasteiger partial charge in [-0.3, -0.25) is 14.4 Å². The van der Waals surface area contributed by atoms with Crippen LogP contribution in [0.25, 0.3) is 10.1 Å². The first-order valence-electron chi connectivity index (χ1n) is 10.8. The lowest BCUT2D eigenvalue weighted by Gasteiger charge is -2.12. The Hall–Kier alpha value is -2.75. The van der Waals surface area contributed by atoms with Crippen molar-refractivity contribution in [3.63, 3.8) is 0 Å². The summed E-state index contributed by atoms with van der Waals surface area (Å²) in [5.74, 6) is -0.318. The summed E-state index contributed by atoms with van der Waals surface area (Å²) in [4.78, 5) is 37.8. The monoisotopic (exact) mass is 592 g/mol. The Morgan fingerprint density at radius 2 is 1.62 bits per heavy atom. The first kappa shape index (κ1) is 27.3. The zero-order valence-corrected chi connectivity index (χ0v) is 23.2. The second-order valence-electron chi connectivity index (χ2n) is 7.75. The minimum Gasteiger partial charge on any atom is -0.468 e. The van der Waals surface area contributed by atoms with Gasteiger partial charge in [0.1, 0.15) is 4.88 Å². The third kappa shape index (κ3) is 6.77. The van der Waals surface area contributed by atoms with Crippen LogP contribution in [0.4, 0.5) is 11.4 Å². The molecule has 2 N–H and O–H groups in total. The minimum atomic E-state index is -0.448. The fourth-order valence-electron chi connectivity index (χ4n) is 3.38. The number of nitrogens with one attached hydrogen (secondary N) is 2. The molecule has 0 aliphatic carbocycles. The fourth-order valence-corrected chi connectivity index (χ4v) is 5.96. The number of thiophene rings is 1. The summed E-state index contributed by atoms with van der Waals surface area (Å²) in [5, 5.41) is 7.52. The van der Waals surface area contributed by atoms with E-state index in [4.69, 9.17) is 34.8 Å². The van der Waals surface area contributed by atoms with Crippen molar-refractivity contribution in [2.24, 2.45) is 0 Å². The predicted octanol–water partition coefficient (Wildman–Crippen LogP) is 7.77. The standard InChI is InChI=1S/C26H19Cl3N2O4S2/c1-35-22(32)13-36-12-14-2-8-18-21(10-14)37-24(23(18)29)26(34)31-20-9-5-16(28)11-19(20)25(33)30-17-6-3-15(27)4-7-17/h2-11H,12-13H2,1H3,(H,30,33)(H,31,34). The number of ether oxygens (including phenoxy) is 1. The van der Waals surface area contributed by atoms with Gasteiger partial charge in [-0.2, -0.15) is 0 Å². The number of halogens is 3. The molecule has 0 fully saturated rings. The highest BCUT2D eigenvalue weighted by Gasteiger charge is 2.21. The molecule has 2 amide bonds. The topological polar surface area (TPSA) is 84.5 Å². The number of carbonyl (C=O) groups is 3. The van der Waals surface area contributed by atoms with Gasteiger partial charge in [0.05, 0.1) is 29.1 Å². The smallest absolute Gasteiger partial charge is 0.315 e. The fraction of sp³-hybridized carbons (Fsp3) is 0.115. The van der Waals surface area contributed by atoms with E-state index in [1.165, 1.54) is 36.3 Å². The van der Waals surface area contributed by atoms with Gasteiger partial charge in [-0.25, -0.2) is 0 Å². The number of hydrogen-bond donors (Lipinski definition) is 2. The SMILES string of the molecule is COC(=O)CSCc1ccc2c(Cl)c(C(=O)Nc3ccc(Cl)cc3C(=O)Nc3ccc(Cl)cc3)sc2c1. The zero-order valence-electron chi connectivity index (χ0n) is 19.3. The normalized spacial score (nSPS) is 10.8. The Morgan fingerprint density at radius 1 is 0.892 bits per heavy atom. The number of thioether (sulfide) groups is 1. The van der Waals surface area contributed by atoms with Crippen molar-refractivity contribution in [1.82, 2.24) is 0 Å². The molecule has 190 valence electrons. The van der Waals surface area contributed by atoms with E-state index in [-0.39, 0.29) is 23.0 Å². The molecule has 0 saturated carbocycles. The van der Waals surface area contributed by atoms with Crippen molar-refractivity contribution in [2.45, 2.75) is 5.75 Å². The lowest BCUT2D eigenvalue weighted by molar-refractivity contribution is -0.137. The molecule has 0 aliphatic heterocycles. The molecule has 0 unspecified atom stereocenters. The summed E-state index contributed by atoms with van der Waals surface area (Å²) in [6.07, 6.45) is 0. The summed E-state index contributed by atoms with van der Waals surface area (Å²) < 4.78 is 5.50. The maximum Gasteiger partial charge on any atom is 0.315 e. The van der Waals surface area contributed by atoms with Gasteiger partial charge in [-0.05, 0) is 54.1 Å². The van der Waals surface area contributed by atoms with Crippen LogP contribution < -0.4 is 10.6 Å². The molecule has 3 aromatic carbocycles.